The molecule has 0 radical (unpaired) electrons. The zero-order valence-corrected chi connectivity index (χ0v) is 28.7. The quantitative estimate of drug-likeness (QED) is 0.0985. The lowest BCUT2D eigenvalue weighted by Gasteiger charge is -2.25. The van der Waals surface area contributed by atoms with E-state index in [2.05, 4.69) is 0 Å². The second kappa shape index (κ2) is 16.3. The van der Waals surface area contributed by atoms with Crippen LogP contribution in [0.2, 0.25) is 0 Å². The molecule has 6 rings (SSSR count). The van der Waals surface area contributed by atoms with Gasteiger partial charge in [0, 0.05) is 19.5 Å². The number of nitrogens with zero attached hydrogens (tertiary/aromatic N) is 2. The number of hydrogen-bond acceptors (Lipinski definition) is 6. The van der Waals surface area contributed by atoms with Crippen molar-refractivity contribution in [2.45, 2.75) is 32.2 Å². The molecule has 1 unspecified atom stereocenters. The van der Waals surface area contributed by atoms with Gasteiger partial charge in [-0.05, 0) is 46.0 Å². The zero-order valence-electron chi connectivity index (χ0n) is 27.1. The number of benzene rings is 5. The molecule has 1 aliphatic heterocycles. The molecule has 2 amide bonds. The third kappa shape index (κ3) is 8.55. The van der Waals surface area contributed by atoms with Crippen LogP contribution in [0.5, 0.6) is 5.75 Å². The average molecular weight is 699 g/mol. The van der Waals surface area contributed by atoms with Gasteiger partial charge in [-0.3, -0.25) is 14.5 Å². The molecule has 5 aromatic rings. The van der Waals surface area contributed by atoms with Crippen molar-refractivity contribution in [3.8, 4) is 5.75 Å². The summed E-state index contributed by atoms with van der Waals surface area (Å²) >= 11 is 6.58. The van der Waals surface area contributed by atoms with E-state index in [0.29, 0.717) is 30.0 Å². The highest BCUT2D eigenvalue weighted by Gasteiger charge is 2.40. The van der Waals surface area contributed by atoms with Crippen molar-refractivity contribution in [1.29, 1.82) is 0 Å². The van der Waals surface area contributed by atoms with E-state index in [-0.39, 0.29) is 28.2 Å². The van der Waals surface area contributed by atoms with Crippen LogP contribution in [0.3, 0.4) is 0 Å². The Morgan fingerprint density at radius 3 is 1.82 bits per heavy atom. The first-order chi connectivity index (χ1) is 24.4. The summed E-state index contributed by atoms with van der Waals surface area (Å²) < 4.78 is 6.42. The van der Waals surface area contributed by atoms with Crippen LogP contribution in [0.15, 0.2) is 144 Å². The molecule has 9 heteroatoms. The maximum absolute atomic E-state index is 14.5. The highest BCUT2D eigenvalue weighted by Crippen LogP contribution is 2.36. The van der Waals surface area contributed by atoms with Crippen LogP contribution < -0.4 is 4.74 Å². The lowest BCUT2D eigenvalue weighted by atomic mass is 10.0. The molecule has 0 aliphatic carbocycles. The van der Waals surface area contributed by atoms with E-state index in [1.54, 1.807) is 29.2 Å². The summed E-state index contributed by atoms with van der Waals surface area (Å²) in [6, 6.07) is 42.5. The van der Waals surface area contributed by atoms with Crippen molar-refractivity contribution in [3.63, 3.8) is 0 Å². The second-order valence-electron chi connectivity index (χ2n) is 11.8. The van der Waals surface area contributed by atoms with E-state index >= 15 is 0 Å². The number of amides is 2. The van der Waals surface area contributed by atoms with Crippen LogP contribution in [0.25, 0.3) is 6.08 Å². The molecule has 1 heterocycles. The van der Waals surface area contributed by atoms with E-state index in [1.165, 1.54) is 4.90 Å². The highest BCUT2D eigenvalue weighted by atomic mass is 32.2. The predicted molar refractivity (Wildman–Crippen MR) is 200 cm³/mol. The van der Waals surface area contributed by atoms with E-state index < -0.39 is 17.9 Å². The number of carboxylic acid groups (broad SMARTS) is 1. The van der Waals surface area contributed by atoms with Crippen LogP contribution in [-0.4, -0.2) is 43.1 Å². The Kier molecular flexibility index (Phi) is 11.2. The van der Waals surface area contributed by atoms with E-state index in [4.69, 9.17) is 17.0 Å². The number of carbonyl (C=O) groups excluding carboxylic acids is 2. The SMILES string of the molecule is O=C(O)C(Cc1ccccc1)N1C(=O)C(=Cc2ccc(OCc3ccccc3)c(C(=O)N(Cc3ccccc3)Cc3ccccc3)c2)SC1=S. The number of thioether (sulfide) groups is 1. The number of rotatable bonds is 13. The summed E-state index contributed by atoms with van der Waals surface area (Å²) in [6.45, 7) is 0.996. The number of carboxylic acids is 1. The standard InChI is InChI=1S/C41H34N2O5S2/c44-38(42(26-30-15-7-2-8-16-30)27-31-17-9-3-10-18-31)34-23-33(21-22-36(34)48-28-32-19-11-4-12-20-32)25-37-39(45)43(41(49)50-37)35(40(46)47)24-29-13-5-1-6-14-29/h1-23,25,35H,24,26-28H2,(H,46,47). The van der Waals surface area contributed by atoms with Crippen molar-refractivity contribution in [3.05, 3.63) is 178 Å². The van der Waals surface area contributed by atoms with Gasteiger partial charge in [0.1, 0.15) is 22.7 Å². The van der Waals surface area contributed by atoms with Gasteiger partial charge in [0.05, 0.1) is 10.5 Å². The van der Waals surface area contributed by atoms with Crippen LogP contribution in [0.4, 0.5) is 0 Å². The van der Waals surface area contributed by atoms with Crippen LogP contribution in [0, 0.1) is 0 Å². The summed E-state index contributed by atoms with van der Waals surface area (Å²) in [5, 5.41) is 10.1. The Hall–Kier alpha value is -5.51. The molecule has 0 aromatic heterocycles. The van der Waals surface area contributed by atoms with Gasteiger partial charge in [-0.15, -0.1) is 0 Å². The topological polar surface area (TPSA) is 87.1 Å². The average Bonchev–Trinajstić information content (AvgIpc) is 3.42. The molecular weight excluding hydrogens is 665 g/mol. The monoisotopic (exact) mass is 698 g/mol. The molecule has 1 saturated heterocycles. The first kappa shape index (κ1) is 34.4. The maximum Gasteiger partial charge on any atom is 0.327 e. The van der Waals surface area contributed by atoms with Crippen LogP contribution >= 0.6 is 24.0 Å². The van der Waals surface area contributed by atoms with Crippen molar-refractivity contribution in [1.82, 2.24) is 9.80 Å². The number of hydrogen-bond donors (Lipinski definition) is 1. The summed E-state index contributed by atoms with van der Waals surface area (Å²) in [5.41, 5.74) is 4.61. The zero-order chi connectivity index (χ0) is 34.9. The molecule has 0 bridgehead atoms. The first-order valence-corrected chi connectivity index (χ1v) is 17.3. The molecule has 0 saturated carbocycles. The molecule has 250 valence electrons. The van der Waals surface area contributed by atoms with Crippen LogP contribution in [-0.2, 0) is 35.7 Å². The fraction of sp³-hybridized carbons (Fsp3) is 0.122. The molecule has 1 N–H and O–H groups in total. The van der Waals surface area contributed by atoms with Gasteiger partial charge in [0.2, 0.25) is 0 Å². The molecule has 50 heavy (non-hydrogen) atoms. The Bertz CT molecular complexity index is 1960. The Morgan fingerprint density at radius 1 is 0.760 bits per heavy atom. The number of aliphatic carboxylic acids is 1. The predicted octanol–water partition coefficient (Wildman–Crippen LogP) is 8.01. The summed E-state index contributed by atoms with van der Waals surface area (Å²) in [4.78, 5) is 43.8. The minimum Gasteiger partial charge on any atom is -0.488 e. The number of thiocarbonyl (C=S) groups is 1. The van der Waals surface area contributed by atoms with Gasteiger partial charge >= 0.3 is 5.97 Å². The molecule has 0 spiro atoms. The van der Waals surface area contributed by atoms with Crippen molar-refractivity contribution in [2.24, 2.45) is 0 Å². The van der Waals surface area contributed by atoms with E-state index in [9.17, 15) is 19.5 Å². The molecular formula is C41H34N2O5S2. The van der Waals surface area contributed by atoms with Crippen molar-refractivity contribution >= 4 is 52.2 Å². The lowest BCUT2D eigenvalue weighted by molar-refractivity contribution is -0.145. The van der Waals surface area contributed by atoms with Gasteiger partial charge < -0.3 is 14.7 Å². The Balaban J connectivity index is 1.33. The normalized spacial score (nSPS) is 14.1. The Labute approximate surface area is 300 Å². The minimum absolute atomic E-state index is 0.112. The lowest BCUT2D eigenvalue weighted by Crippen LogP contribution is -2.45. The molecule has 5 aromatic carbocycles. The van der Waals surface area contributed by atoms with Gasteiger partial charge in [-0.25, -0.2) is 4.79 Å². The highest BCUT2D eigenvalue weighted by molar-refractivity contribution is 8.26. The summed E-state index contributed by atoms with van der Waals surface area (Å²) in [6.07, 6.45) is 1.76. The smallest absolute Gasteiger partial charge is 0.327 e. The van der Waals surface area contributed by atoms with E-state index in [0.717, 1.165) is 34.0 Å². The molecule has 1 atom stereocenters. The molecule has 1 fully saturated rings. The van der Waals surface area contributed by atoms with Gasteiger partial charge in [0.25, 0.3) is 11.8 Å². The third-order valence-electron chi connectivity index (χ3n) is 8.18. The fourth-order valence-corrected chi connectivity index (χ4v) is 7.03. The third-order valence-corrected chi connectivity index (χ3v) is 9.51. The van der Waals surface area contributed by atoms with E-state index in [1.807, 2.05) is 121 Å². The fourth-order valence-electron chi connectivity index (χ4n) is 5.67. The van der Waals surface area contributed by atoms with Gasteiger partial charge in [-0.1, -0.05) is 151 Å². The number of carbonyl (C=O) groups is 3. The molecule has 7 nitrogen and oxygen atoms in total. The van der Waals surface area contributed by atoms with Crippen LogP contribution in [0.1, 0.15) is 38.2 Å². The van der Waals surface area contributed by atoms with Gasteiger partial charge in [-0.2, -0.15) is 0 Å². The van der Waals surface area contributed by atoms with Crippen molar-refractivity contribution in [2.75, 3.05) is 0 Å². The van der Waals surface area contributed by atoms with Crippen molar-refractivity contribution < 1.29 is 24.2 Å². The number of ether oxygens (including phenoxy) is 1. The molecule has 1 aliphatic rings. The second-order valence-corrected chi connectivity index (χ2v) is 13.4. The first-order valence-electron chi connectivity index (χ1n) is 16.1. The largest absolute Gasteiger partial charge is 0.488 e. The summed E-state index contributed by atoms with van der Waals surface area (Å²) in [5.74, 6) is -1.47. The maximum atomic E-state index is 14.5. The minimum atomic E-state index is -1.16. The Morgan fingerprint density at radius 2 is 1.28 bits per heavy atom. The summed E-state index contributed by atoms with van der Waals surface area (Å²) in [7, 11) is 0. The van der Waals surface area contributed by atoms with Gasteiger partial charge in [0.15, 0.2) is 0 Å².